The van der Waals surface area contributed by atoms with Crippen molar-refractivity contribution in [2.24, 2.45) is 0 Å². The van der Waals surface area contributed by atoms with Crippen molar-refractivity contribution in [2.45, 2.75) is 40.7 Å². The highest BCUT2D eigenvalue weighted by atomic mass is 19.1. The largest absolute Gasteiger partial charge is 0.496 e. The minimum atomic E-state index is -0.306. The fourth-order valence-electron chi connectivity index (χ4n) is 2.61. The molecule has 1 heterocycles. The predicted octanol–water partition coefficient (Wildman–Crippen LogP) is 4.00. The molecule has 0 radical (unpaired) electrons. The molecule has 0 saturated heterocycles. The van der Waals surface area contributed by atoms with E-state index in [9.17, 15) is 9.18 Å². The van der Waals surface area contributed by atoms with E-state index in [4.69, 9.17) is 4.74 Å². The van der Waals surface area contributed by atoms with Crippen molar-refractivity contribution in [1.29, 1.82) is 0 Å². The molecule has 0 unspecified atom stereocenters. The molecule has 0 bridgehead atoms. The van der Waals surface area contributed by atoms with Crippen LogP contribution in [0.4, 0.5) is 4.39 Å². The number of aromatic nitrogens is 1. The van der Waals surface area contributed by atoms with Crippen LogP contribution in [0, 0.1) is 26.6 Å². The van der Waals surface area contributed by atoms with Gasteiger partial charge in [-0.15, -0.1) is 0 Å². The number of aryl methyl sites for hydroxylation is 1. The second-order valence-electron chi connectivity index (χ2n) is 5.58. The van der Waals surface area contributed by atoms with E-state index < -0.39 is 0 Å². The summed E-state index contributed by atoms with van der Waals surface area (Å²) in [6.45, 7) is 8.07. The number of hydrogen-bond donors (Lipinski definition) is 0. The zero-order chi connectivity index (χ0) is 16.4. The van der Waals surface area contributed by atoms with E-state index in [1.54, 1.807) is 11.5 Å². The van der Waals surface area contributed by atoms with E-state index in [1.807, 2.05) is 33.0 Å². The first kappa shape index (κ1) is 16.3. The van der Waals surface area contributed by atoms with Gasteiger partial charge in [0.2, 0.25) is 0 Å². The summed E-state index contributed by atoms with van der Waals surface area (Å²) in [6.07, 6.45) is 2.69. The Labute approximate surface area is 130 Å². The number of halogens is 1. The number of ether oxygens (including phenoxy) is 1. The van der Waals surface area contributed by atoms with Crippen molar-refractivity contribution in [2.75, 3.05) is 7.11 Å². The Morgan fingerprint density at radius 1 is 1.14 bits per heavy atom. The van der Waals surface area contributed by atoms with Gasteiger partial charge in [-0.05, 0) is 50.5 Å². The van der Waals surface area contributed by atoms with Crippen LogP contribution in [0.1, 0.15) is 30.0 Å². The number of pyridine rings is 1. The smallest absolute Gasteiger partial charge is 0.253 e. The highest BCUT2D eigenvalue weighted by molar-refractivity contribution is 5.69. The molecule has 118 valence electrons. The molecule has 4 heteroatoms. The molecule has 22 heavy (non-hydrogen) atoms. The van der Waals surface area contributed by atoms with Gasteiger partial charge in [-0.3, -0.25) is 4.79 Å². The van der Waals surface area contributed by atoms with E-state index in [-0.39, 0.29) is 11.4 Å². The van der Waals surface area contributed by atoms with Gasteiger partial charge >= 0.3 is 0 Å². The SMILES string of the molecule is CCCn1cc(-c2cc(F)c(C)c(OC)c2)c(C)c(C)c1=O. The number of rotatable bonds is 4. The lowest BCUT2D eigenvalue weighted by atomic mass is 9.98. The summed E-state index contributed by atoms with van der Waals surface area (Å²) in [4.78, 5) is 12.3. The summed E-state index contributed by atoms with van der Waals surface area (Å²) in [6, 6.07) is 3.32. The summed E-state index contributed by atoms with van der Waals surface area (Å²) >= 11 is 0. The molecule has 1 aromatic heterocycles. The van der Waals surface area contributed by atoms with Crippen LogP contribution in [0.2, 0.25) is 0 Å². The molecule has 2 rings (SSSR count). The lowest BCUT2D eigenvalue weighted by molar-refractivity contribution is 0.407. The fraction of sp³-hybridized carbons (Fsp3) is 0.389. The number of methoxy groups -OCH3 is 1. The van der Waals surface area contributed by atoms with Crippen LogP contribution in [0.5, 0.6) is 5.75 Å². The van der Waals surface area contributed by atoms with Crippen molar-refractivity contribution < 1.29 is 9.13 Å². The standard InChI is InChI=1S/C18H22FNO2/c1-6-7-20-10-15(11(2)12(3)18(20)21)14-8-16(19)13(4)17(9-14)22-5/h8-10H,6-7H2,1-5H3. The Balaban J connectivity index is 2.72. The van der Waals surface area contributed by atoms with Crippen molar-refractivity contribution in [3.05, 3.63) is 51.2 Å². The maximum atomic E-state index is 14.1. The van der Waals surface area contributed by atoms with Crippen molar-refractivity contribution in [3.8, 4) is 16.9 Å². The van der Waals surface area contributed by atoms with E-state index in [2.05, 4.69) is 0 Å². The molecule has 0 saturated carbocycles. The van der Waals surface area contributed by atoms with Crippen LogP contribution in [-0.4, -0.2) is 11.7 Å². The summed E-state index contributed by atoms with van der Waals surface area (Å²) in [7, 11) is 1.53. The summed E-state index contributed by atoms with van der Waals surface area (Å²) in [5.74, 6) is 0.208. The van der Waals surface area contributed by atoms with Gasteiger partial charge in [0, 0.05) is 29.4 Å². The Morgan fingerprint density at radius 2 is 1.82 bits per heavy atom. The molecule has 0 atom stereocenters. The van der Waals surface area contributed by atoms with Crippen LogP contribution in [-0.2, 0) is 6.54 Å². The molecular weight excluding hydrogens is 281 g/mol. The zero-order valence-electron chi connectivity index (χ0n) is 13.8. The highest BCUT2D eigenvalue weighted by Gasteiger charge is 2.14. The highest BCUT2D eigenvalue weighted by Crippen LogP contribution is 2.31. The van der Waals surface area contributed by atoms with Crippen LogP contribution in [0.25, 0.3) is 11.1 Å². The van der Waals surface area contributed by atoms with Gasteiger partial charge in [0.25, 0.3) is 5.56 Å². The van der Waals surface area contributed by atoms with Crippen LogP contribution in [0.3, 0.4) is 0 Å². The summed E-state index contributed by atoms with van der Waals surface area (Å²) < 4.78 is 21.1. The van der Waals surface area contributed by atoms with E-state index in [0.29, 0.717) is 23.4 Å². The van der Waals surface area contributed by atoms with Crippen LogP contribution in [0.15, 0.2) is 23.1 Å². The first-order valence-electron chi connectivity index (χ1n) is 7.45. The topological polar surface area (TPSA) is 31.2 Å². The Bertz CT molecular complexity index is 763. The average Bonchev–Trinajstić information content (AvgIpc) is 2.50. The molecule has 0 aliphatic rings. The average molecular weight is 303 g/mol. The third-order valence-corrected chi connectivity index (χ3v) is 4.13. The molecule has 0 aliphatic carbocycles. The number of hydrogen-bond acceptors (Lipinski definition) is 2. The van der Waals surface area contributed by atoms with Gasteiger partial charge in [-0.1, -0.05) is 6.92 Å². The molecule has 0 N–H and O–H groups in total. The molecule has 1 aromatic carbocycles. The number of nitrogens with zero attached hydrogens (tertiary/aromatic N) is 1. The van der Waals surface area contributed by atoms with E-state index in [1.165, 1.54) is 13.2 Å². The maximum Gasteiger partial charge on any atom is 0.253 e. The minimum Gasteiger partial charge on any atom is -0.496 e. The summed E-state index contributed by atoms with van der Waals surface area (Å²) in [5.41, 5.74) is 3.67. The number of benzene rings is 1. The second kappa shape index (κ2) is 6.34. The molecular formula is C18H22FNO2. The molecule has 0 aliphatic heterocycles. The van der Waals surface area contributed by atoms with Crippen molar-refractivity contribution in [1.82, 2.24) is 4.57 Å². The Kier molecular flexibility index (Phi) is 4.69. The van der Waals surface area contributed by atoms with E-state index >= 15 is 0 Å². The van der Waals surface area contributed by atoms with Crippen LogP contribution >= 0.6 is 0 Å². The molecule has 2 aromatic rings. The third kappa shape index (κ3) is 2.78. The van der Waals surface area contributed by atoms with Gasteiger partial charge in [0.15, 0.2) is 0 Å². The Hall–Kier alpha value is -2.10. The quantitative estimate of drug-likeness (QED) is 0.855. The fourth-order valence-corrected chi connectivity index (χ4v) is 2.61. The molecule has 0 spiro atoms. The van der Waals surface area contributed by atoms with Gasteiger partial charge in [0.05, 0.1) is 7.11 Å². The molecule has 0 fully saturated rings. The molecule has 3 nitrogen and oxygen atoms in total. The first-order valence-corrected chi connectivity index (χ1v) is 7.45. The summed E-state index contributed by atoms with van der Waals surface area (Å²) in [5, 5.41) is 0. The predicted molar refractivity (Wildman–Crippen MR) is 87.2 cm³/mol. The van der Waals surface area contributed by atoms with Gasteiger partial charge in [-0.25, -0.2) is 4.39 Å². The molecule has 0 amide bonds. The first-order chi connectivity index (χ1) is 10.4. The minimum absolute atomic E-state index is 0.0163. The third-order valence-electron chi connectivity index (χ3n) is 4.13. The van der Waals surface area contributed by atoms with Gasteiger partial charge < -0.3 is 9.30 Å². The normalized spacial score (nSPS) is 10.8. The lowest BCUT2D eigenvalue weighted by Crippen LogP contribution is -2.23. The van der Waals surface area contributed by atoms with Crippen molar-refractivity contribution in [3.63, 3.8) is 0 Å². The van der Waals surface area contributed by atoms with Gasteiger partial charge in [-0.2, -0.15) is 0 Å². The monoisotopic (exact) mass is 303 g/mol. The van der Waals surface area contributed by atoms with Crippen molar-refractivity contribution >= 4 is 0 Å². The lowest BCUT2D eigenvalue weighted by Gasteiger charge is -2.15. The van der Waals surface area contributed by atoms with E-state index in [0.717, 1.165) is 23.1 Å². The van der Waals surface area contributed by atoms with Crippen LogP contribution < -0.4 is 10.3 Å². The zero-order valence-corrected chi connectivity index (χ0v) is 13.8. The van der Waals surface area contributed by atoms with Gasteiger partial charge in [0.1, 0.15) is 11.6 Å². The second-order valence-corrected chi connectivity index (χ2v) is 5.58. The maximum absolute atomic E-state index is 14.1. The Morgan fingerprint density at radius 3 is 2.41 bits per heavy atom.